The number of rotatable bonds is 8. The summed E-state index contributed by atoms with van der Waals surface area (Å²) in [7, 11) is 0. The number of allylic oxidation sites excluding steroid dienone is 3. The van der Waals surface area contributed by atoms with Crippen LogP contribution in [0.2, 0.25) is 0 Å². The first-order valence-corrected chi connectivity index (χ1v) is 9.38. The van der Waals surface area contributed by atoms with Gasteiger partial charge in [-0.2, -0.15) is 0 Å². The minimum atomic E-state index is -0.771. The van der Waals surface area contributed by atoms with E-state index < -0.39 is 5.97 Å². The fraction of sp³-hybridized carbons (Fsp3) is 0.500. The molecule has 4 heteroatoms. The number of unbranched alkanes of at least 4 members (excludes halogenated alkanes) is 2. The van der Waals surface area contributed by atoms with E-state index in [9.17, 15) is 15.0 Å². The fourth-order valence-corrected chi connectivity index (χ4v) is 3.85. The van der Waals surface area contributed by atoms with E-state index in [0.717, 1.165) is 36.8 Å². The van der Waals surface area contributed by atoms with E-state index in [1.54, 1.807) is 12.1 Å². The highest BCUT2D eigenvalue weighted by Crippen LogP contribution is 2.46. The molecular formula is C22H30O4. The number of phenolic OH excluding ortho intramolecular Hbond substituents is 2. The maximum Gasteiger partial charge on any atom is 0.303 e. The number of hydrogen-bond donors (Lipinski definition) is 3. The Hall–Kier alpha value is -2.23. The second-order valence-corrected chi connectivity index (χ2v) is 7.53. The number of aryl methyl sites for hydroxylation is 1. The SMILES string of the molecule is C=C(C)[C@@H]1CCC(C)=C[C@H]1c1c(O)cc(CCCCCC(=O)O)cc1O. The standard InChI is InChI=1S/C22H30O4/c1-14(2)17-10-9-15(3)11-18(17)22-19(23)12-16(13-20(22)24)7-5-4-6-8-21(25)26/h11-13,17-18,23-24H,1,4-10H2,2-3H3,(H,25,26)/t17-,18+/m0/s1. The fourth-order valence-electron chi connectivity index (χ4n) is 3.85. The van der Waals surface area contributed by atoms with Crippen molar-refractivity contribution in [2.24, 2.45) is 5.92 Å². The van der Waals surface area contributed by atoms with Gasteiger partial charge in [0, 0.05) is 17.9 Å². The first kappa shape index (κ1) is 20.1. The Bertz CT molecular complexity index is 679. The van der Waals surface area contributed by atoms with E-state index in [1.807, 2.05) is 6.92 Å². The van der Waals surface area contributed by atoms with Crippen molar-refractivity contribution < 1.29 is 20.1 Å². The third-order valence-corrected chi connectivity index (χ3v) is 5.27. The van der Waals surface area contributed by atoms with Crippen LogP contribution in [0.5, 0.6) is 11.5 Å². The number of carbonyl (C=O) groups is 1. The summed E-state index contributed by atoms with van der Waals surface area (Å²) in [4.78, 5) is 10.5. The summed E-state index contributed by atoms with van der Waals surface area (Å²) in [6.45, 7) is 8.18. The number of hydrogen-bond acceptors (Lipinski definition) is 3. The number of aliphatic carboxylic acids is 1. The highest BCUT2D eigenvalue weighted by molar-refractivity contribution is 5.66. The molecule has 0 radical (unpaired) electrons. The molecule has 4 nitrogen and oxygen atoms in total. The first-order valence-electron chi connectivity index (χ1n) is 9.38. The summed E-state index contributed by atoms with van der Waals surface area (Å²) in [6.07, 6.45) is 7.34. The molecule has 142 valence electrons. The summed E-state index contributed by atoms with van der Waals surface area (Å²) >= 11 is 0. The Morgan fingerprint density at radius 3 is 2.42 bits per heavy atom. The molecule has 1 aliphatic rings. The molecule has 0 aliphatic heterocycles. The second kappa shape index (κ2) is 8.93. The maximum atomic E-state index is 10.6. The summed E-state index contributed by atoms with van der Waals surface area (Å²) < 4.78 is 0. The second-order valence-electron chi connectivity index (χ2n) is 7.53. The number of carboxylic acids is 1. The molecule has 2 atom stereocenters. The maximum absolute atomic E-state index is 10.6. The van der Waals surface area contributed by atoms with Crippen molar-refractivity contribution in [3.8, 4) is 11.5 Å². The van der Waals surface area contributed by atoms with E-state index in [2.05, 4.69) is 19.6 Å². The molecule has 0 amide bonds. The van der Waals surface area contributed by atoms with Crippen LogP contribution >= 0.6 is 0 Å². The third kappa shape index (κ3) is 5.13. The van der Waals surface area contributed by atoms with Gasteiger partial charge in [-0.1, -0.05) is 30.2 Å². The van der Waals surface area contributed by atoms with E-state index in [-0.39, 0.29) is 29.8 Å². The zero-order chi connectivity index (χ0) is 19.3. The van der Waals surface area contributed by atoms with Gasteiger partial charge in [0.25, 0.3) is 0 Å². The van der Waals surface area contributed by atoms with Gasteiger partial charge in [0.1, 0.15) is 11.5 Å². The summed E-state index contributed by atoms with van der Waals surface area (Å²) in [5, 5.41) is 29.8. The molecule has 0 spiro atoms. The van der Waals surface area contributed by atoms with Gasteiger partial charge >= 0.3 is 5.97 Å². The number of aromatic hydroxyl groups is 2. The average Bonchev–Trinajstić information content (AvgIpc) is 2.53. The Morgan fingerprint density at radius 2 is 1.85 bits per heavy atom. The topological polar surface area (TPSA) is 77.8 Å². The predicted octanol–water partition coefficient (Wildman–Crippen LogP) is 5.30. The number of carboxylic acid groups (broad SMARTS) is 1. The lowest BCUT2D eigenvalue weighted by molar-refractivity contribution is -0.137. The molecule has 0 unspecified atom stereocenters. The van der Waals surface area contributed by atoms with Crippen molar-refractivity contribution in [1.82, 2.24) is 0 Å². The summed E-state index contributed by atoms with van der Waals surface area (Å²) in [6, 6.07) is 3.47. The highest BCUT2D eigenvalue weighted by atomic mass is 16.4. The Balaban J connectivity index is 2.14. The molecule has 0 saturated heterocycles. The lowest BCUT2D eigenvalue weighted by Gasteiger charge is -2.31. The van der Waals surface area contributed by atoms with E-state index in [0.29, 0.717) is 18.4 Å². The average molecular weight is 358 g/mol. The third-order valence-electron chi connectivity index (χ3n) is 5.27. The zero-order valence-corrected chi connectivity index (χ0v) is 15.8. The van der Waals surface area contributed by atoms with Crippen LogP contribution in [0.3, 0.4) is 0 Å². The van der Waals surface area contributed by atoms with Crippen molar-refractivity contribution >= 4 is 5.97 Å². The first-order chi connectivity index (χ1) is 12.3. The van der Waals surface area contributed by atoms with Crippen LogP contribution in [-0.2, 0) is 11.2 Å². The Labute approximate surface area is 155 Å². The Morgan fingerprint density at radius 1 is 1.19 bits per heavy atom. The molecular weight excluding hydrogens is 328 g/mol. The van der Waals surface area contributed by atoms with E-state index in [1.165, 1.54) is 5.57 Å². The predicted molar refractivity (Wildman–Crippen MR) is 104 cm³/mol. The minimum absolute atomic E-state index is 0.0501. The molecule has 0 aromatic heterocycles. The van der Waals surface area contributed by atoms with Gasteiger partial charge in [0.05, 0.1) is 0 Å². The lowest BCUT2D eigenvalue weighted by atomic mass is 9.73. The molecule has 1 aromatic rings. The van der Waals surface area contributed by atoms with Crippen molar-refractivity contribution in [1.29, 1.82) is 0 Å². The Kier molecular flexibility index (Phi) is 6.90. The molecule has 0 bridgehead atoms. The molecule has 0 heterocycles. The molecule has 1 aliphatic carbocycles. The molecule has 0 fully saturated rings. The van der Waals surface area contributed by atoms with Crippen LogP contribution in [0.1, 0.15) is 69.4 Å². The van der Waals surface area contributed by atoms with Gasteiger partial charge in [0.2, 0.25) is 0 Å². The normalized spacial score (nSPS) is 19.8. The monoisotopic (exact) mass is 358 g/mol. The van der Waals surface area contributed by atoms with Crippen LogP contribution in [0, 0.1) is 5.92 Å². The minimum Gasteiger partial charge on any atom is -0.507 e. The van der Waals surface area contributed by atoms with E-state index in [4.69, 9.17) is 5.11 Å². The van der Waals surface area contributed by atoms with Gasteiger partial charge in [-0.25, -0.2) is 0 Å². The van der Waals surface area contributed by atoms with Crippen LogP contribution in [0.25, 0.3) is 0 Å². The van der Waals surface area contributed by atoms with Gasteiger partial charge in [-0.3, -0.25) is 4.79 Å². The molecule has 0 saturated carbocycles. The van der Waals surface area contributed by atoms with Crippen molar-refractivity contribution in [3.05, 3.63) is 47.1 Å². The molecule has 2 rings (SSSR count). The van der Waals surface area contributed by atoms with Crippen molar-refractivity contribution in [3.63, 3.8) is 0 Å². The molecule has 1 aromatic carbocycles. The van der Waals surface area contributed by atoms with Gasteiger partial charge in [-0.05, 0) is 69.6 Å². The largest absolute Gasteiger partial charge is 0.507 e. The zero-order valence-electron chi connectivity index (χ0n) is 15.8. The highest BCUT2D eigenvalue weighted by Gasteiger charge is 2.30. The van der Waals surface area contributed by atoms with Crippen LogP contribution in [0.4, 0.5) is 0 Å². The quantitative estimate of drug-likeness (QED) is 0.435. The molecule has 3 N–H and O–H groups in total. The summed E-state index contributed by atoms with van der Waals surface area (Å²) in [5.74, 6) is -0.337. The number of phenols is 2. The smallest absolute Gasteiger partial charge is 0.303 e. The van der Waals surface area contributed by atoms with Crippen LogP contribution in [0.15, 0.2) is 35.9 Å². The number of benzene rings is 1. The van der Waals surface area contributed by atoms with Gasteiger partial charge < -0.3 is 15.3 Å². The molecule has 26 heavy (non-hydrogen) atoms. The van der Waals surface area contributed by atoms with E-state index >= 15 is 0 Å². The van der Waals surface area contributed by atoms with Crippen molar-refractivity contribution in [2.75, 3.05) is 0 Å². The van der Waals surface area contributed by atoms with Gasteiger partial charge in [0.15, 0.2) is 0 Å². The van der Waals surface area contributed by atoms with Gasteiger partial charge in [-0.15, -0.1) is 0 Å². The summed E-state index contributed by atoms with van der Waals surface area (Å²) in [5.41, 5.74) is 3.81. The van der Waals surface area contributed by atoms with Crippen molar-refractivity contribution in [2.45, 2.75) is 64.7 Å². The van der Waals surface area contributed by atoms with Crippen LogP contribution in [-0.4, -0.2) is 21.3 Å². The van der Waals surface area contributed by atoms with Crippen LogP contribution < -0.4 is 0 Å². The lowest BCUT2D eigenvalue weighted by Crippen LogP contribution is -2.17.